The number of nitrogens with zero attached hydrogens (tertiary/aromatic N) is 3. The predicted molar refractivity (Wildman–Crippen MR) is 65.5 cm³/mol. The second kappa shape index (κ2) is 3.45. The summed E-state index contributed by atoms with van der Waals surface area (Å²) in [5.41, 5.74) is 2.61. The minimum absolute atomic E-state index is 0.652. The van der Waals surface area contributed by atoms with Gasteiger partial charge in [0.15, 0.2) is 4.77 Å². The van der Waals surface area contributed by atoms with Crippen molar-refractivity contribution in [1.82, 2.24) is 14.8 Å². The molecule has 1 aliphatic rings. The van der Waals surface area contributed by atoms with Gasteiger partial charge in [0.1, 0.15) is 0 Å². The van der Waals surface area contributed by atoms with Crippen LogP contribution in [0.15, 0.2) is 24.3 Å². The van der Waals surface area contributed by atoms with E-state index >= 15 is 0 Å². The van der Waals surface area contributed by atoms with Crippen LogP contribution in [0.3, 0.4) is 0 Å². The number of benzene rings is 1. The fourth-order valence-corrected chi connectivity index (χ4v) is 2.25. The SMILES string of the molecule is Cn1c(N2CCc3ccccc32)n[nH]c1=S. The maximum absolute atomic E-state index is 5.13. The molecular weight excluding hydrogens is 220 g/mol. The van der Waals surface area contributed by atoms with Crippen LogP contribution in [0.5, 0.6) is 0 Å². The number of para-hydroxylation sites is 1. The first-order valence-electron chi connectivity index (χ1n) is 5.24. The van der Waals surface area contributed by atoms with Gasteiger partial charge in [-0.3, -0.25) is 4.57 Å². The lowest BCUT2D eigenvalue weighted by Crippen LogP contribution is -2.17. The Kier molecular flexibility index (Phi) is 2.07. The average Bonchev–Trinajstić information content (AvgIpc) is 2.85. The van der Waals surface area contributed by atoms with Crippen molar-refractivity contribution in [3.05, 3.63) is 34.6 Å². The summed E-state index contributed by atoms with van der Waals surface area (Å²) in [4.78, 5) is 2.20. The van der Waals surface area contributed by atoms with Crippen LogP contribution in [0.25, 0.3) is 0 Å². The molecule has 0 atom stereocenters. The highest BCUT2D eigenvalue weighted by Crippen LogP contribution is 2.32. The Balaban J connectivity index is 2.11. The highest BCUT2D eigenvalue weighted by molar-refractivity contribution is 7.71. The first-order chi connectivity index (χ1) is 7.77. The molecule has 0 saturated carbocycles. The van der Waals surface area contributed by atoms with E-state index in [1.807, 2.05) is 11.6 Å². The molecule has 16 heavy (non-hydrogen) atoms. The molecule has 1 N–H and O–H groups in total. The van der Waals surface area contributed by atoms with E-state index in [9.17, 15) is 0 Å². The van der Waals surface area contributed by atoms with Crippen LogP contribution in [-0.4, -0.2) is 21.3 Å². The summed E-state index contributed by atoms with van der Waals surface area (Å²) in [5, 5.41) is 7.09. The number of aromatic nitrogens is 3. The first-order valence-corrected chi connectivity index (χ1v) is 5.65. The summed E-state index contributed by atoms with van der Waals surface area (Å²) in [6.45, 7) is 0.965. The molecule has 2 heterocycles. The van der Waals surface area contributed by atoms with Crippen LogP contribution in [0.4, 0.5) is 11.6 Å². The number of aromatic amines is 1. The van der Waals surface area contributed by atoms with Gasteiger partial charge in [0, 0.05) is 19.3 Å². The van der Waals surface area contributed by atoms with Crippen LogP contribution < -0.4 is 4.90 Å². The molecule has 2 aromatic rings. The molecule has 0 bridgehead atoms. The highest BCUT2D eigenvalue weighted by atomic mass is 32.1. The highest BCUT2D eigenvalue weighted by Gasteiger charge is 2.22. The van der Waals surface area contributed by atoms with Gasteiger partial charge < -0.3 is 4.90 Å². The van der Waals surface area contributed by atoms with Crippen molar-refractivity contribution in [3.63, 3.8) is 0 Å². The van der Waals surface area contributed by atoms with Crippen molar-refractivity contribution < 1.29 is 0 Å². The number of fused-ring (bicyclic) bond motifs is 1. The van der Waals surface area contributed by atoms with Gasteiger partial charge in [-0.05, 0) is 30.3 Å². The number of hydrogen-bond donors (Lipinski definition) is 1. The van der Waals surface area contributed by atoms with Crippen LogP contribution in [0.1, 0.15) is 5.56 Å². The Morgan fingerprint density at radius 3 is 2.94 bits per heavy atom. The van der Waals surface area contributed by atoms with Crippen LogP contribution >= 0.6 is 12.2 Å². The standard InChI is InChI=1S/C11H12N4S/c1-14-10(12-13-11(14)16)15-7-6-8-4-2-3-5-9(8)15/h2-5H,6-7H2,1H3,(H,13,16). The van der Waals surface area contributed by atoms with E-state index in [0.717, 1.165) is 18.9 Å². The van der Waals surface area contributed by atoms with Crippen molar-refractivity contribution in [2.24, 2.45) is 7.05 Å². The maximum Gasteiger partial charge on any atom is 0.229 e. The molecule has 0 fully saturated rings. The summed E-state index contributed by atoms with van der Waals surface area (Å²) in [6.07, 6.45) is 1.07. The molecule has 4 nitrogen and oxygen atoms in total. The third-order valence-electron chi connectivity index (χ3n) is 2.98. The molecule has 82 valence electrons. The second-order valence-corrected chi connectivity index (χ2v) is 4.30. The lowest BCUT2D eigenvalue weighted by Gasteiger charge is -2.17. The molecule has 0 spiro atoms. The third-order valence-corrected chi connectivity index (χ3v) is 3.35. The van der Waals surface area contributed by atoms with Crippen molar-refractivity contribution in [1.29, 1.82) is 0 Å². The minimum Gasteiger partial charge on any atom is -0.310 e. The molecule has 0 radical (unpaired) electrons. The first kappa shape index (κ1) is 9.59. The van der Waals surface area contributed by atoms with Crippen LogP contribution in [-0.2, 0) is 13.5 Å². The largest absolute Gasteiger partial charge is 0.310 e. The summed E-state index contributed by atoms with van der Waals surface area (Å²) in [7, 11) is 1.93. The Morgan fingerprint density at radius 1 is 1.38 bits per heavy atom. The average molecular weight is 232 g/mol. The molecule has 0 aliphatic carbocycles. The number of anilines is 2. The minimum atomic E-state index is 0.652. The van der Waals surface area contributed by atoms with Crippen molar-refractivity contribution in [2.45, 2.75) is 6.42 Å². The van der Waals surface area contributed by atoms with E-state index in [-0.39, 0.29) is 0 Å². The molecule has 1 aliphatic heterocycles. The van der Waals surface area contributed by atoms with E-state index in [0.29, 0.717) is 4.77 Å². The molecule has 0 saturated heterocycles. The zero-order valence-electron chi connectivity index (χ0n) is 8.97. The van der Waals surface area contributed by atoms with Crippen LogP contribution in [0.2, 0.25) is 0 Å². The lowest BCUT2D eigenvalue weighted by atomic mass is 10.2. The van der Waals surface area contributed by atoms with E-state index in [4.69, 9.17) is 12.2 Å². The smallest absolute Gasteiger partial charge is 0.229 e. The van der Waals surface area contributed by atoms with Crippen molar-refractivity contribution in [3.8, 4) is 0 Å². The van der Waals surface area contributed by atoms with E-state index in [1.165, 1.54) is 11.3 Å². The van der Waals surface area contributed by atoms with Gasteiger partial charge in [-0.2, -0.15) is 0 Å². The van der Waals surface area contributed by atoms with E-state index in [2.05, 4.69) is 39.4 Å². The van der Waals surface area contributed by atoms with Crippen molar-refractivity contribution >= 4 is 23.9 Å². The van der Waals surface area contributed by atoms with E-state index in [1.54, 1.807) is 0 Å². The number of nitrogens with one attached hydrogen (secondary N) is 1. The Morgan fingerprint density at radius 2 is 2.19 bits per heavy atom. The lowest BCUT2D eigenvalue weighted by molar-refractivity contribution is 0.844. The summed E-state index contributed by atoms with van der Waals surface area (Å²) < 4.78 is 2.55. The summed E-state index contributed by atoms with van der Waals surface area (Å²) >= 11 is 5.13. The normalized spacial score (nSPS) is 14.2. The van der Waals surface area contributed by atoms with Crippen LogP contribution in [0, 0.1) is 4.77 Å². The molecular formula is C11H12N4S. The molecule has 5 heteroatoms. The second-order valence-electron chi connectivity index (χ2n) is 3.92. The van der Waals surface area contributed by atoms with Gasteiger partial charge in [-0.15, -0.1) is 5.10 Å². The number of hydrogen-bond acceptors (Lipinski definition) is 3. The molecule has 1 aromatic carbocycles. The fourth-order valence-electron chi connectivity index (χ4n) is 2.13. The van der Waals surface area contributed by atoms with Gasteiger partial charge in [-0.1, -0.05) is 18.2 Å². The quantitative estimate of drug-likeness (QED) is 0.766. The molecule has 1 aromatic heterocycles. The Hall–Kier alpha value is -1.62. The topological polar surface area (TPSA) is 36.9 Å². The Labute approximate surface area is 98.5 Å². The monoisotopic (exact) mass is 232 g/mol. The van der Waals surface area contributed by atoms with Gasteiger partial charge in [0.25, 0.3) is 0 Å². The van der Waals surface area contributed by atoms with Gasteiger partial charge in [0.05, 0.1) is 0 Å². The van der Waals surface area contributed by atoms with Gasteiger partial charge >= 0.3 is 0 Å². The Bertz CT molecular complexity index is 584. The zero-order chi connectivity index (χ0) is 11.1. The molecule has 0 amide bonds. The predicted octanol–water partition coefficient (Wildman–Crippen LogP) is 2.17. The van der Waals surface area contributed by atoms with E-state index < -0.39 is 0 Å². The fraction of sp³-hybridized carbons (Fsp3) is 0.273. The maximum atomic E-state index is 5.13. The number of rotatable bonds is 1. The van der Waals surface area contributed by atoms with Crippen molar-refractivity contribution in [2.75, 3.05) is 11.4 Å². The van der Waals surface area contributed by atoms with Gasteiger partial charge in [0.2, 0.25) is 5.95 Å². The molecule has 0 unspecified atom stereocenters. The van der Waals surface area contributed by atoms with Gasteiger partial charge in [-0.25, -0.2) is 5.10 Å². The summed E-state index contributed by atoms with van der Waals surface area (Å²) in [6, 6.07) is 8.42. The zero-order valence-corrected chi connectivity index (χ0v) is 9.79. The molecule has 3 rings (SSSR count). The summed E-state index contributed by atoms with van der Waals surface area (Å²) in [5.74, 6) is 0.884. The third kappa shape index (κ3) is 1.28. The number of H-pyrrole nitrogens is 1.